The molecule has 0 fully saturated rings. The van der Waals surface area contributed by atoms with Crippen LogP contribution in [0.4, 0.5) is 22.0 Å². The first-order valence-corrected chi connectivity index (χ1v) is 7.36. The van der Waals surface area contributed by atoms with Gasteiger partial charge in [-0.15, -0.1) is 0 Å². The zero-order valence-electron chi connectivity index (χ0n) is 13.8. The van der Waals surface area contributed by atoms with Crippen LogP contribution in [0.15, 0.2) is 12.2 Å². The molecule has 0 aromatic rings. The average molecular weight is 362 g/mol. The average Bonchev–Trinajstić information content (AvgIpc) is 2.47. The van der Waals surface area contributed by atoms with Gasteiger partial charge in [-0.05, 0) is 32.1 Å². The summed E-state index contributed by atoms with van der Waals surface area (Å²) in [6.07, 6.45) is -11.0. The van der Waals surface area contributed by atoms with Crippen molar-refractivity contribution in [2.24, 2.45) is 5.92 Å². The van der Waals surface area contributed by atoms with Crippen molar-refractivity contribution in [1.82, 2.24) is 0 Å². The second kappa shape index (κ2) is 8.24. The molecular weight excluding hydrogens is 339 g/mol. The number of ether oxygens (including phenoxy) is 1. The molecule has 0 heterocycles. The zero-order chi connectivity index (χ0) is 19.3. The number of carbonyl (C=O) groups is 1. The summed E-state index contributed by atoms with van der Waals surface area (Å²) >= 11 is 0. The molecule has 0 radical (unpaired) electrons. The lowest BCUT2D eigenvalue weighted by Crippen LogP contribution is -2.59. The number of rotatable bonds is 9. The van der Waals surface area contributed by atoms with E-state index in [0.717, 1.165) is 6.92 Å². The summed E-state index contributed by atoms with van der Waals surface area (Å²) in [5.74, 6) is -5.93. The molecule has 0 spiro atoms. The second-order valence-corrected chi connectivity index (χ2v) is 5.97. The van der Waals surface area contributed by atoms with Crippen molar-refractivity contribution in [3.05, 3.63) is 12.2 Å². The van der Waals surface area contributed by atoms with Gasteiger partial charge in [-0.2, -0.15) is 13.2 Å². The Kier molecular flexibility index (Phi) is 7.82. The van der Waals surface area contributed by atoms with Crippen LogP contribution >= 0.6 is 0 Å². The van der Waals surface area contributed by atoms with E-state index >= 15 is 0 Å². The van der Waals surface area contributed by atoms with Gasteiger partial charge >= 0.3 is 18.1 Å². The molecule has 9 heteroatoms. The van der Waals surface area contributed by atoms with Crippen LogP contribution in [0.3, 0.4) is 0 Å². The van der Waals surface area contributed by atoms with Gasteiger partial charge in [0.25, 0.3) is 0 Å². The molecule has 3 unspecified atom stereocenters. The SMILES string of the molecule is C=C(C)C(=O)OCC(C)CCC(O)(CC)C(F)(F)C(O)C(F)(F)F. The Morgan fingerprint density at radius 1 is 1.25 bits per heavy atom. The Hall–Kier alpha value is -1.22. The molecule has 0 amide bonds. The third-order valence-corrected chi connectivity index (χ3v) is 3.76. The van der Waals surface area contributed by atoms with Gasteiger partial charge in [-0.1, -0.05) is 20.4 Å². The van der Waals surface area contributed by atoms with Gasteiger partial charge in [0.05, 0.1) is 6.61 Å². The lowest BCUT2D eigenvalue weighted by Gasteiger charge is -2.38. The van der Waals surface area contributed by atoms with Gasteiger partial charge < -0.3 is 14.9 Å². The first kappa shape index (κ1) is 22.8. The Labute approximate surface area is 137 Å². The van der Waals surface area contributed by atoms with Crippen LogP contribution in [-0.4, -0.2) is 46.6 Å². The Balaban J connectivity index is 4.89. The zero-order valence-corrected chi connectivity index (χ0v) is 13.8. The van der Waals surface area contributed by atoms with E-state index in [1.165, 1.54) is 13.8 Å². The number of alkyl halides is 5. The highest BCUT2D eigenvalue weighted by molar-refractivity contribution is 5.86. The molecule has 0 bridgehead atoms. The van der Waals surface area contributed by atoms with Gasteiger partial charge in [-0.25, -0.2) is 13.6 Å². The minimum Gasteiger partial charge on any atom is -0.462 e. The summed E-state index contributed by atoms with van der Waals surface area (Å²) in [7, 11) is 0. The number of esters is 1. The second-order valence-electron chi connectivity index (χ2n) is 5.97. The maximum Gasteiger partial charge on any atom is 0.420 e. The molecule has 142 valence electrons. The maximum atomic E-state index is 13.9. The van der Waals surface area contributed by atoms with E-state index in [9.17, 15) is 31.9 Å². The fourth-order valence-electron chi connectivity index (χ4n) is 1.95. The van der Waals surface area contributed by atoms with Crippen molar-refractivity contribution in [2.75, 3.05) is 6.61 Å². The van der Waals surface area contributed by atoms with Gasteiger partial charge in [0.15, 0.2) is 0 Å². The van der Waals surface area contributed by atoms with E-state index in [0.29, 0.717) is 0 Å². The molecule has 0 aliphatic carbocycles. The highest BCUT2D eigenvalue weighted by atomic mass is 19.4. The third kappa shape index (κ3) is 5.70. The maximum absolute atomic E-state index is 13.9. The molecular formula is C15H23F5O4. The Bertz CT molecular complexity index is 450. The van der Waals surface area contributed by atoms with Crippen LogP contribution < -0.4 is 0 Å². The molecule has 0 aromatic carbocycles. The van der Waals surface area contributed by atoms with E-state index in [4.69, 9.17) is 9.84 Å². The minimum atomic E-state index is -5.56. The molecule has 0 saturated heterocycles. The van der Waals surface area contributed by atoms with Crippen LogP contribution in [-0.2, 0) is 9.53 Å². The Morgan fingerprint density at radius 2 is 1.75 bits per heavy atom. The summed E-state index contributed by atoms with van der Waals surface area (Å²) in [5, 5.41) is 18.8. The van der Waals surface area contributed by atoms with Crippen LogP contribution in [0.2, 0.25) is 0 Å². The molecule has 0 aromatic heterocycles. The van der Waals surface area contributed by atoms with Crippen molar-refractivity contribution < 1.29 is 41.7 Å². The number of aliphatic hydroxyl groups is 2. The van der Waals surface area contributed by atoms with E-state index in [-0.39, 0.29) is 18.6 Å². The molecule has 0 rings (SSSR count). The van der Waals surface area contributed by atoms with Crippen molar-refractivity contribution in [3.8, 4) is 0 Å². The van der Waals surface area contributed by atoms with Gasteiger partial charge in [0, 0.05) is 5.57 Å². The van der Waals surface area contributed by atoms with Crippen LogP contribution in [0, 0.1) is 5.92 Å². The van der Waals surface area contributed by atoms with E-state index in [2.05, 4.69) is 6.58 Å². The monoisotopic (exact) mass is 362 g/mol. The van der Waals surface area contributed by atoms with Crippen molar-refractivity contribution >= 4 is 5.97 Å². The number of hydrogen-bond donors (Lipinski definition) is 2. The van der Waals surface area contributed by atoms with E-state index in [1.54, 1.807) is 0 Å². The molecule has 4 nitrogen and oxygen atoms in total. The highest BCUT2D eigenvalue weighted by Gasteiger charge is 2.64. The van der Waals surface area contributed by atoms with Crippen molar-refractivity contribution in [1.29, 1.82) is 0 Å². The van der Waals surface area contributed by atoms with Crippen LogP contribution in [0.5, 0.6) is 0 Å². The fraction of sp³-hybridized carbons (Fsp3) is 0.800. The van der Waals surface area contributed by atoms with Gasteiger partial charge in [-0.3, -0.25) is 0 Å². The van der Waals surface area contributed by atoms with E-state index in [1.807, 2.05) is 0 Å². The van der Waals surface area contributed by atoms with Crippen LogP contribution in [0.25, 0.3) is 0 Å². The summed E-state index contributed by atoms with van der Waals surface area (Å²) in [4.78, 5) is 11.2. The topological polar surface area (TPSA) is 66.8 Å². The normalized spacial score (nSPS) is 17.8. The molecule has 3 atom stereocenters. The largest absolute Gasteiger partial charge is 0.462 e. The van der Waals surface area contributed by atoms with Crippen molar-refractivity contribution in [3.63, 3.8) is 0 Å². The Morgan fingerprint density at radius 3 is 2.12 bits per heavy atom. The lowest BCUT2D eigenvalue weighted by molar-refractivity contribution is -0.315. The summed E-state index contributed by atoms with van der Waals surface area (Å²) in [6, 6.07) is 0. The smallest absolute Gasteiger partial charge is 0.420 e. The van der Waals surface area contributed by atoms with Crippen LogP contribution in [0.1, 0.15) is 40.0 Å². The van der Waals surface area contributed by atoms with Gasteiger partial charge in [0.2, 0.25) is 6.10 Å². The predicted molar refractivity (Wildman–Crippen MR) is 76.4 cm³/mol. The molecule has 0 saturated carbocycles. The molecule has 0 aliphatic rings. The molecule has 24 heavy (non-hydrogen) atoms. The molecule has 0 aliphatic heterocycles. The van der Waals surface area contributed by atoms with Gasteiger partial charge in [0.1, 0.15) is 5.60 Å². The van der Waals surface area contributed by atoms with E-state index < -0.39 is 48.5 Å². The number of halogens is 5. The standard InChI is InChI=1S/C15H23F5O4/c1-5-13(23,14(16,17)12(22)15(18,19)20)7-6-10(4)8-24-11(21)9(2)3/h10,12,22-23H,2,5-8H2,1,3-4H3. The first-order valence-electron chi connectivity index (χ1n) is 7.36. The minimum absolute atomic E-state index is 0.131. The number of carbonyl (C=O) groups excluding carboxylic acids is 1. The molecule has 2 N–H and O–H groups in total. The number of aliphatic hydroxyl groups excluding tert-OH is 1. The third-order valence-electron chi connectivity index (χ3n) is 3.76. The predicted octanol–water partition coefficient (Wildman–Crippen LogP) is 3.22. The first-order chi connectivity index (χ1) is 10.7. The lowest BCUT2D eigenvalue weighted by atomic mass is 9.82. The van der Waals surface area contributed by atoms with Crippen molar-refractivity contribution in [2.45, 2.75) is 63.8 Å². The highest BCUT2D eigenvalue weighted by Crippen LogP contribution is 2.43. The quantitative estimate of drug-likeness (QED) is 0.375. The summed E-state index contributed by atoms with van der Waals surface area (Å²) < 4.78 is 69.8. The number of hydrogen-bond acceptors (Lipinski definition) is 4. The summed E-state index contributed by atoms with van der Waals surface area (Å²) in [6.45, 7) is 7.25. The fourth-order valence-corrected chi connectivity index (χ4v) is 1.95. The summed E-state index contributed by atoms with van der Waals surface area (Å²) in [5.41, 5.74) is -2.89.